The maximum Gasteiger partial charge on any atom is 0.180 e. The number of H-pyrrole nitrogens is 1. The van der Waals surface area contributed by atoms with Gasteiger partial charge in [0.1, 0.15) is 11.4 Å². The minimum atomic E-state index is -0.0687. The monoisotopic (exact) mass is 190 g/mol. The zero-order chi connectivity index (χ0) is 10.1. The number of carbonyl (C=O) groups is 1. The fourth-order valence-corrected chi connectivity index (χ4v) is 1.47. The minimum Gasteiger partial charge on any atom is -0.496 e. The van der Waals surface area contributed by atoms with Crippen molar-refractivity contribution in [3.05, 3.63) is 23.9 Å². The van der Waals surface area contributed by atoms with Crippen LogP contribution >= 0.6 is 0 Å². The number of hydrogen-bond donors (Lipinski definition) is 1. The molecule has 0 saturated carbocycles. The molecule has 0 unspecified atom stereocenters. The van der Waals surface area contributed by atoms with Gasteiger partial charge in [0, 0.05) is 6.92 Å². The van der Waals surface area contributed by atoms with Gasteiger partial charge in [0.05, 0.1) is 18.0 Å². The first-order chi connectivity index (χ1) is 6.74. The van der Waals surface area contributed by atoms with E-state index in [1.807, 2.05) is 18.2 Å². The number of fused-ring (bicyclic) bond motifs is 1. The Morgan fingerprint density at radius 2 is 2.29 bits per heavy atom. The molecule has 0 radical (unpaired) electrons. The summed E-state index contributed by atoms with van der Waals surface area (Å²) in [6.45, 7) is 1.49. The van der Waals surface area contributed by atoms with E-state index in [4.69, 9.17) is 4.74 Å². The van der Waals surface area contributed by atoms with Crippen LogP contribution in [0.15, 0.2) is 18.2 Å². The molecule has 2 aromatic rings. The van der Waals surface area contributed by atoms with Crippen LogP contribution in [-0.4, -0.2) is 23.1 Å². The van der Waals surface area contributed by atoms with Gasteiger partial charge in [-0.15, -0.1) is 0 Å². The predicted octanol–water partition coefficient (Wildman–Crippen LogP) is 1.77. The first-order valence-corrected chi connectivity index (χ1v) is 4.26. The summed E-state index contributed by atoms with van der Waals surface area (Å²) in [4.78, 5) is 11.3. The lowest BCUT2D eigenvalue weighted by atomic mass is 10.1. The van der Waals surface area contributed by atoms with E-state index in [9.17, 15) is 4.79 Å². The highest BCUT2D eigenvalue weighted by atomic mass is 16.5. The summed E-state index contributed by atoms with van der Waals surface area (Å²) in [5.41, 5.74) is 1.24. The molecular formula is C10H10N2O2. The number of benzene rings is 1. The highest BCUT2D eigenvalue weighted by Gasteiger charge is 2.13. The van der Waals surface area contributed by atoms with Crippen molar-refractivity contribution in [1.82, 2.24) is 10.2 Å². The summed E-state index contributed by atoms with van der Waals surface area (Å²) in [5, 5.41) is 7.49. The van der Waals surface area contributed by atoms with E-state index in [0.717, 1.165) is 10.9 Å². The van der Waals surface area contributed by atoms with Crippen LogP contribution in [0.1, 0.15) is 17.4 Å². The molecule has 1 aromatic heterocycles. The highest BCUT2D eigenvalue weighted by molar-refractivity contribution is 6.06. The van der Waals surface area contributed by atoms with Crippen molar-refractivity contribution in [1.29, 1.82) is 0 Å². The lowest BCUT2D eigenvalue weighted by Gasteiger charge is -2.00. The molecule has 14 heavy (non-hydrogen) atoms. The van der Waals surface area contributed by atoms with Crippen molar-refractivity contribution in [2.75, 3.05) is 7.11 Å². The van der Waals surface area contributed by atoms with Gasteiger partial charge in [0.25, 0.3) is 0 Å². The number of Topliss-reactive ketones (excluding diaryl/α,β-unsaturated/α-hetero) is 1. The number of ether oxygens (including phenoxy) is 1. The Morgan fingerprint density at radius 1 is 1.50 bits per heavy atom. The fourth-order valence-electron chi connectivity index (χ4n) is 1.47. The Balaban J connectivity index is 2.81. The van der Waals surface area contributed by atoms with Crippen molar-refractivity contribution in [3.8, 4) is 5.75 Å². The zero-order valence-corrected chi connectivity index (χ0v) is 8.00. The SMILES string of the molecule is COc1cccc2[nH]nc(C(C)=O)c12. The van der Waals surface area contributed by atoms with E-state index >= 15 is 0 Å². The summed E-state index contributed by atoms with van der Waals surface area (Å²) in [7, 11) is 1.58. The molecule has 0 aliphatic carbocycles. The molecule has 0 saturated heterocycles. The molecule has 0 aliphatic heterocycles. The van der Waals surface area contributed by atoms with Gasteiger partial charge in [0.2, 0.25) is 0 Å². The Labute approximate surface area is 80.9 Å². The molecule has 72 valence electrons. The van der Waals surface area contributed by atoms with Crippen molar-refractivity contribution in [3.63, 3.8) is 0 Å². The summed E-state index contributed by atoms with van der Waals surface area (Å²) in [6.07, 6.45) is 0. The van der Waals surface area contributed by atoms with Crippen LogP contribution in [0, 0.1) is 0 Å². The third kappa shape index (κ3) is 1.16. The lowest BCUT2D eigenvalue weighted by Crippen LogP contribution is -1.94. The third-order valence-corrected chi connectivity index (χ3v) is 2.10. The molecule has 1 aromatic carbocycles. The van der Waals surface area contributed by atoms with Crippen molar-refractivity contribution in [2.45, 2.75) is 6.92 Å². The quantitative estimate of drug-likeness (QED) is 0.734. The van der Waals surface area contributed by atoms with Crippen LogP contribution < -0.4 is 4.74 Å². The molecule has 0 spiro atoms. The molecule has 2 rings (SSSR count). The number of nitrogens with one attached hydrogen (secondary N) is 1. The van der Waals surface area contributed by atoms with Gasteiger partial charge >= 0.3 is 0 Å². The number of aromatic amines is 1. The molecule has 0 atom stereocenters. The number of carbonyl (C=O) groups excluding carboxylic acids is 1. The Morgan fingerprint density at radius 3 is 2.93 bits per heavy atom. The lowest BCUT2D eigenvalue weighted by molar-refractivity contribution is 0.101. The summed E-state index contributed by atoms with van der Waals surface area (Å²) >= 11 is 0. The van der Waals surface area contributed by atoms with Gasteiger partial charge in [-0.05, 0) is 12.1 Å². The van der Waals surface area contributed by atoms with Crippen LogP contribution in [0.2, 0.25) is 0 Å². The normalized spacial score (nSPS) is 10.4. The number of rotatable bonds is 2. The average molecular weight is 190 g/mol. The van der Waals surface area contributed by atoms with Gasteiger partial charge in [-0.25, -0.2) is 0 Å². The van der Waals surface area contributed by atoms with Gasteiger partial charge in [0.15, 0.2) is 5.78 Å². The summed E-state index contributed by atoms with van der Waals surface area (Å²) < 4.78 is 5.16. The molecule has 0 aliphatic rings. The van der Waals surface area contributed by atoms with Gasteiger partial charge in [-0.3, -0.25) is 9.89 Å². The van der Waals surface area contributed by atoms with E-state index in [1.165, 1.54) is 6.92 Å². The van der Waals surface area contributed by atoms with Crippen molar-refractivity contribution in [2.24, 2.45) is 0 Å². The first-order valence-electron chi connectivity index (χ1n) is 4.26. The smallest absolute Gasteiger partial charge is 0.180 e. The second kappa shape index (κ2) is 3.14. The molecule has 0 amide bonds. The van der Waals surface area contributed by atoms with Crippen molar-refractivity contribution < 1.29 is 9.53 Å². The molecule has 1 N–H and O–H groups in total. The van der Waals surface area contributed by atoms with E-state index in [2.05, 4.69) is 10.2 Å². The van der Waals surface area contributed by atoms with E-state index in [1.54, 1.807) is 7.11 Å². The van der Waals surface area contributed by atoms with Crippen LogP contribution in [0.5, 0.6) is 5.75 Å². The number of ketones is 1. The third-order valence-electron chi connectivity index (χ3n) is 2.10. The van der Waals surface area contributed by atoms with Crippen LogP contribution in [0.3, 0.4) is 0 Å². The van der Waals surface area contributed by atoms with Crippen LogP contribution in [-0.2, 0) is 0 Å². The maximum atomic E-state index is 11.3. The number of nitrogens with zero attached hydrogens (tertiary/aromatic N) is 1. The summed E-state index contributed by atoms with van der Waals surface area (Å²) in [5.74, 6) is 0.599. The highest BCUT2D eigenvalue weighted by Crippen LogP contribution is 2.26. The van der Waals surface area contributed by atoms with Gasteiger partial charge < -0.3 is 4.74 Å². The van der Waals surface area contributed by atoms with E-state index in [0.29, 0.717) is 11.4 Å². The van der Waals surface area contributed by atoms with Crippen molar-refractivity contribution >= 4 is 16.7 Å². The second-order valence-electron chi connectivity index (χ2n) is 3.01. The maximum absolute atomic E-state index is 11.3. The molecule has 0 bridgehead atoms. The van der Waals surface area contributed by atoms with E-state index in [-0.39, 0.29) is 5.78 Å². The minimum absolute atomic E-state index is 0.0687. The summed E-state index contributed by atoms with van der Waals surface area (Å²) in [6, 6.07) is 5.52. The predicted molar refractivity (Wildman–Crippen MR) is 52.7 cm³/mol. The zero-order valence-electron chi connectivity index (χ0n) is 8.00. The van der Waals surface area contributed by atoms with Gasteiger partial charge in [-0.1, -0.05) is 6.07 Å². The van der Waals surface area contributed by atoms with Crippen LogP contribution in [0.4, 0.5) is 0 Å². The topological polar surface area (TPSA) is 55.0 Å². The first kappa shape index (κ1) is 8.74. The fraction of sp³-hybridized carbons (Fsp3) is 0.200. The molecule has 1 heterocycles. The second-order valence-corrected chi connectivity index (χ2v) is 3.01. The number of aromatic nitrogens is 2. The largest absolute Gasteiger partial charge is 0.496 e. The average Bonchev–Trinajstić information content (AvgIpc) is 2.60. The Bertz CT molecular complexity index is 488. The standard InChI is InChI=1S/C10H10N2O2/c1-6(13)10-9-7(11-12-10)4-3-5-8(9)14-2/h3-5H,1-2H3,(H,11,12). The Kier molecular flexibility index (Phi) is 1.96. The van der Waals surface area contributed by atoms with Gasteiger partial charge in [-0.2, -0.15) is 5.10 Å². The molecule has 0 fully saturated rings. The van der Waals surface area contributed by atoms with Crippen LogP contribution in [0.25, 0.3) is 10.9 Å². The number of hydrogen-bond acceptors (Lipinski definition) is 3. The molecule has 4 nitrogen and oxygen atoms in total. The molecule has 4 heteroatoms. The Hall–Kier alpha value is -1.84. The number of methoxy groups -OCH3 is 1. The molecular weight excluding hydrogens is 180 g/mol. The van der Waals surface area contributed by atoms with E-state index < -0.39 is 0 Å².